The van der Waals surface area contributed by atoms with Gasteiger partial charge in [0.15, 0.2) is 0 Å². The molecular weight excluding hydrogens is 220 g/mol. The van der Waals surface area contributed by atoms with Gasteiger partial charge in [0.05, 0.1) is 12.7 Å². The minimum Gasteiger partial charge on any atom is -0.389 e. The maximum absolute atomic E-state index is 11.9. The summed E-state index contributed by atoms with van der Waals surface area (Å²) in [5.41, 5.74) is 0.664. The van der Waals surface area contributed by atoms with Gasteiger partial charge < -0.3 is 19.7 Å². The van der Waals surface area contributed by atoms with Gasteiger partial charge in [-0.05, 0) is 25.0 Å². The van der Waals surface area contributed by atoms with Gasteiger partial charge in [0.2, 0.25) is 0 Å². The summed E-state index contributed by atoms with van der Waals surface area (Å²) in [7, 11) is 1.52. The van der Waals surface area contributed by atoms with Gasteiger partial charge in [0.25, 0.3) is 5.91 Å². The van der Waals surface area contributed by atoms with Crippen LogP contribution in [0.3, 0.4) is 0 Å². The predicted molar refractivity (Wildman–Crippen MR) is 62.9 cm³/mol. The van der Waals surface area contributed by atoms with Gasteiger partial charge in [0.1, 0.15) is 5.69 Å². The van der Waals surface area contributed by atoms with Crippen molar-refractivity contribution in [1.29, 1.82) is 0 Å². The van der Waals surface area contributed by atoms with E-state index in [0.717, 1.165) is 12.8 Å². The molecule has 5 nitrogen and oxygen atoms in total. The zero-order valence-corrected chi connectivity index (χ0v) is 9.93. The van der Waals surface area contributed by atoms with Crippen molar-refractivity contribution in [1.82, 2.24) is 9.88 Å². The molecular formula is C12H18N2O3. The third-order valence-electron chi connectivity index (χ3n) is 2.81. The third-order valence-corrected chi connectivity index (χ3v) is 2.81. The number of amides is 1. The van der Waals surface area contributed by atoms with Crippen LogP contribution in [-0.2, 0) is 4.74 Å². The van der Waals surface area contributed by atoms with Gasteiger partial charge in [-0.2, -0.15) is 0 Å². The summed E-state index contributed by atoms with van der Waals surface area (Å²) < 4.78 is 6.79. The molecule has 1 aliphatic rings. The number of carbonyl (C=O) groups excluding carboxylic acids is 1. The van der Waals surface area contributed by atoms with Crippen LogP contribution in [0.15, 0.2) is 18.3 Å². The van der Waals surface area contributed by atoms with Crippen molar-refractivity contribution in [2.45, 2.75) is 25.0 Å². The fourth-order valence-corrected chi connectivity index (χ4v) is 1.81. The van der Waals surface area contributed by atoms with Gasteiger partial charge in [-0.25, -0.2) is 0 Å². The number of hydrogen-bond donors (Lipinski definition) is 2. The first kappa shape index (κ1) is 12.1. The summed E-state index contributed by atoms with van der Waals surface area (Å²) in [6, 6.07) is 4.16. The van der Waals surface area contributed by atoms with E-state index < -0.39 is 6.10 Å². The Morgan fingerprint density at radius 2 is 2.47 bits per heavy atom. The van der Waals surface area contributed by atoms with Crippen LogP contribution in [0.4, 0.5) is 0 Å². The van der Waals surface area contributed by atoms with Crippen molar-refractivity contribution in [3.63, 3.8) is 0 Å². The minimum absolute atomic E-state index is 0.142. The number of nitrogens with one attached hydrogen (secondary N) is 1. The quantitative estimate of drug-likeness (QED) is 0.761. The van der Waals surface area contributed by atoms with Gasteiger partial charge in [-0.3, -0.25) is 4.79 Å². The smallest absolute Gasteiger partial charge is 0.268 e. The number of nitrogens with zero attached hydrogens (tertiary/aromatic N) is 1. The van der Waals surface area contributed by atoms with Gasteiger partial charge in [-0.1, -0.05) is 0 Å². The van der Waals surface area contributed by atoms with Crippen LogP contribution in [0.5, 0.6) is 0 Å². The lowest BCUT2D eigenvalue weighted by Crippen LogP contribution is -2.35. The Bertz CT molecular complexity index is 385. The molecule has 0 saturated heterocycles. The highest BCUT2D eigenvalue weighted by Gasteiger charge is 2.26. The lowest BCUT2D eigenvalue weighted by atomic mass is 10.3. The van der Waals surface area contributed by atoms with Crippen molar-refractivity contribution in [3.05, 3.63) is 24.0 Å². The third kappa shape index (κ3) is 3.08. The van der Waals surface area contributed by atoms with Crippen LogP contribution in [0.25, 0.3) is 0 Å². The number of rotatable bonds is 6. The second kappa shape index (κ2) is 5.33. The maximum Gasteiger partial charge on any atom is 0.268 e. The summed E-state index contributed by atoms with van der Waals surface area (Å²) in [6.07, 6.45) is 3.55. The number of ether oxygens (including phenoxy) is 1. The number of methoxy groups -OCH3 is 1. The Morgan fingerprint density at radius 1 is 1.71 bits per heavy atom. The second-order valence-electron chi connectivity index (χ2n) is 4.35. The van der Waals surface area contributed by atoms with E-state index >= 15 is 0 Å². The molecule has 1 amide bonds. The summed E-state index contributed by atoms with van der Waals surface area (Å²) in [4.78, 5) is 11.9. The fourth-order valence-electron chi connectivity index (χ4n) is 1.81. The van der Waals surface area contributed by atoms with E-state index in [1.807, 2.05) is 16.8 Å². The summed E-state index contributed by atoms with van der Waals surface area (Å²) >= 11 is 0. The maximum atomic E-state index is 11.9. The number of aliphatic hydroxyl groups excluding tert-OH is 1. The molecule has 0 aromatic carbocycles. The van der Waals surface area contributed by atoms with Crippen LogP contribution < -0.4 is 5.32 Å². The molecule has 1 aromatic heterocycles. The van der Waals surface area contributed by atoms with E-state index in [9.17, 15) is 9.90 Å². The highest BCUT2D eigenvalue weighted by atomic mass is 16.5. The van der Waals surface area contributed by atoms with Crippen molar-refractivity contribution in [2.24, 2.45) is 0 Å². The summed E-state index contributed by atoms with van der Waals surface area (Å²) in [5, 5.41) is 12.1. The first-order valence-corrected chi connectivity index (χ1v) is 5.84. The number of hydrogen-bond acceptors (Lipinski definition) is 3. The van der Waals surface area contributed by atoms with Crippen LogP contribution >= 0.6 is 0 Å². The average Bonchev–Trinajstić information content (AvgIpc) is 3.04. The standard InChI is InChI=1S/C12H18N2O3/c1-17-8-10(15)7-13-12(16)11-3-2-6-14(11)9-4-5-9/h2-3,6,9-10,15H,4-5,7-8H2,1H3,(H,13,16)/t10-/m1/s1. The van der Waals surface area contributed by atoms with Gasteiger partial charge in [-0.15, -0.1) is 0 Å². The van der Waals surface area contributed by atoms with Crippen LogP contribution in [0.1, 0.15) is 29.4 Å². The molecule has 0 radical (unpaired) electrons. The van der Waals surface area contributed by atoms with Crippen molar-refractivity contribution in [2.75, 3.05) is 20.3 Å². The average molecular weight is 238 g/mol. The Morgan fingerprint density at radius 3 is 3.12 bits per heavy atom. The number of aliphatic hydroxyl groups is 1. The molecule has 1 atom stereocenters. The van der Waals surface area contributed by atoms with Gasteiger partial charge >= 0.3 is 0 Å². The summed E-state index contributed by atoms with van der Waals surface area (Å²) in [6.45, 7) is 0.437. The predicted octanol–water partition coefficient (Wildman–Crippen LogP) is 0.560. The van der Waals surface area contributed by atoms with Crippen LogP contribution in [-0.4, -0.2) is 41.9 Å². The van der Waals surface area contributed by atoms with E-state index in [4.69, 9.17) is 4.74 Å². The Balaban J connectivity index is 1.88. The summed E-state index contributed by atoms with van der Waals surface area (Å²) in [5.74, 6) is -0.142. The molecule has 2 N–H and O–H groups in total. The number of aromatic nitrogens is 1. The monoisotopic (exact) mass is 238 g/mol. The molecule has 0 spiro atoms. The minimum atomic E-state index is -0.659. The first-order valence-electron chi connectivity index (χ1n) is 5.84. The highest BCUT2D eigenvalue weighted by Crippen LogP contribution is 2.35. The van der Waals surface area contributed by atoms with Gasteiger partial charge in [0, 0.05) is 25.9 Å². The molecule has 0 bridgehead atoms. The fraction of sp³-hybridized carbons (Fsp3) is 0.583. The second-order valence-corrected chi connectivity index (χ2v) is 4.35. The molecule has 0 unspecified atom stereocenters. The Hall–Kier alpha value is -1.33. The molecule has 17 heavy (non-hydrogen) atoms. The molecule has 1 aliphatic carbocycles. The number of carbonyl (C=O) groups is 1. The van der Waals surface area contributed by atoms with E-state index in [1.54, 1.807) is 6.07 Å². The molecule has 1 heterocycles. The lowest BCUT2D eigenvalue weighted by molar-refractivity contribution is 0.0607. The largest absolute Gasteiger partial charge is 0.389 e. The Labute approximate surface area is 100 Å². The Kier molecular flexibility index (Phi) is 3.81. The van der Waals surface area contributed by atoms with Crippen LogP contribution in [0.2, 0.25) is 0 Å². The highest BCUT2D eigenvalue weighted by molar-refractivity contribution is 5.92. The van der Waals surface area contributed by atoms with Crippen molar-refractivity contribution in [3.8, 4) is 0 Å². The van der Waals surface area contributed by atoms with E-state index in [1.165, 1.54) is 7.11 Å². The molecule has 2 rings (SSSR count). The molecule has 1 saturated carbocycles. The molecule has 1 fully saturated rings. The van der Waals surface area contributed by atoms with Crippen LogP contribution in [0, 0.1) is 0 Å². The zero-order chi connectivity index (χ0) is 12.3. The molecule has 0 aliphatic heterocycles. The van der Waals surface area contributed by atoms with E-state index in [0.29, 0.717) is 11.7 Å². The van der Waals surface area contributed by atoms with E-state index in [2.05, 4.69) is 5.32 Å². The molecule has 94 valence electrons. The SMILES string of the molecule is COC[C@H](O)CNC(=O)c1cccn1C1CC1. The molecule has 5 heteroatoms. The zero-order valence-electron chi connectivity index (χ0n) is 9.93. The van der Waals surface area contributed by atoms with E-state index in [-0.39, 0.29) is 19.1 Å². The lowest BCUT2D eigenvalue weighted by Gasteiger charge is -2.12. The van der Waals surface area contributed by atoms with Crippen molar-refractivity contribution < 1.29 is 14.6 Å². The van der Waals surface area contributed by atoms with Crippen molar-refractivity contribution >= 4 is 5.91 Å². The topological polar surface area (TPSA) is 63.5 Å². The normalized spacial score (nSPS) is 16.8. The first-order chi connectivity index (χ1) is 8.22. The molecule has 1 aromatic rings.